The van der Waals surface area contributed by atoms with Crippen molar-refractivity contribution in [3.63, 3.8) is 0 Å². The van der Waals surface area contributed by atoms with Crippen LogP contribution in [-0.4, -0.2) is 35.4 Å². The minimum Gasteiger partial charge on any atom is -0.309 e. The molecular weight excluding hydrogens is 396 g/mol. The lowest BCUT2D eigenvalue weighted by molar-refractivity contribution is -0.123. The molecule has 0 N–H and O–H groups in total. The predicted octanol–water partition coefficient (Wildman–Crippen LogP) is 4.98. The molecule has 1 saturated carbocycles. The van der Waals surface area contributed by atoms with E-state index in [-0.39, 0.29) is 17.2 Å². The lowest BCUT2D eigenvalue weighted by Crippen LogP contribution is -2.42. The van der Waals surface area contributed by atoms with Gasteiger partial charge in [0, 0.05) is 47.8 Å². The second-order valence-electron chi connectivity index (χ2n) is 9.78. The summed E-state index contributed by atoms with van der Waals surface area (Å²) in [6.07, 6.45) is 3.44. The monoisotopic (exact) mass is 427 g/mol. The van der Waals surface area contributed by atoms with E-state index in [1.54, 1.807) is 0 Å². The molecule has 4 rings (SSSR count). The summed E-state index contributed by atoms with van der Waals surface area (Å²) in [6, 6.07) is 8.04. The summed E-state index contributed by atoms with van der Waals surface area (Å²) in [4.78, 5) is 22.2. The van der Waals surface area contributed by atoms with Gasteiger partial charge in [0.1, 0.15) is 11.6 Å². The first-order chi connectivity index (χ1) is 14.7. The first-order valence-electron chi connectivity index (χ1n) is 11.1. The van der Waals surface area contributed by atoms with E-state index in [0.29, 0.717) is 24.7 Å². The zero-order valence-corrected chi connectivity index (χ0v) is 18.8. The van der Waals surface area contributed by atoms with Crippen LogP contribution in [-0.2, 0) is 16.8 Å². The number of halogens is 2. The van der Waals surface area contributed by atoms with E-state index in [1.807, 2.05) is 31.0 Å². The molecule has 0 bridgehead atoms. The van der Waals surface area contributed by atoms with Gasteiger partial charge in [0.2, 0.25) is 5.91 Å². The van der Waals surface area contributed by atoms with Gasteiger partial charge in [-0.15, -0.1) is 0 Å². The van der Waals surface area contributed by atoms with Crippen molar-refractivity contribution in [1.82, 2.24) is 9.88 Å². The van der Waals surface area contributed by atoms with Crippen LogP contribution < -0.4 is 4.90 Å². The fourth-order valence-corrected chi connectivity index (χ4v) is 5.05. The van der Waals surface area contributed by atoms with Gasteiger partial charge in [0.15, 0.2) is 0 Å². The molecule has 2 aliphatic rings. The SMILES string of the molecule is Cc1ccc2c(n1)C(C)(C)CN2C(=O)C1CCC(N(C)Cc2ccc(F)cc2F)CC1. The largest absolute Gasteiger partial charge is 0.309 e. The summed E-state index contributed by atoms with van der Waals surface area (Å²) in [7, 11) is 1.98. The second-order valence-corrected chi connectivity index (χ2v) is 9.78. The van der Waals surface area contributed by atoms with E-state index in [4.69, 9.17) is 4.98 Å². The van der Waals surface area contributed by atoms with Gasteiger partial charge >= 0.3 is 0 Å². The third-order valence-corrected chi connectivity index (χ3v) is 6.87. The molecule has 4 nitrogen and oxygen atoms in total. The smallest absolute Gasteiger partial charge is 0.230 e. The van der Waals surface area contributed by atoms with Crippen LogP contribution in [0.1, 0.15) is 56.5 Å². The molecular formula is C25H31F2N3O. The Balaban J connectivity index is 1.38. The van der Waals surface area contributed by atoms with Crippen LogP contribution in [0.25, 0.3) is 0 Å². The Hall–Kier alpha value is -2.34. The quantitative estimate of drug-likeness (QED) is 0.690. The second kappa shape index (κ2) is 8.30. The van der Waals surface area contributed by atoms with Crippen LogP contribution in [0.3, 0.4) is 0 Å². The molecule has 2 heterocycles. The molecule has 31 heavy (non-hydrogen) atoms. The third-order valence-electron chi connectivity index (χ3n) is 6.87. The first-order valence-corrected chi connectivity index (χ1v) is 11.1. The summed E-state index contributed by atoms with van der Waals surface area (Å²) >= 11 is 0. The molecule has 0 spiro atoms. The highest BCUT2D eigenvalue weighted by Crippen LogP contribution is 2.41. The Morgan fingerprint density at radius 3 is 2.55 bits per heavy atom. The van der Waals surface area contributed by atoms with Crippen LogP contribution in [0.5, 0.6) is 0 Å². The normalized spacial score (nSPS) is 22.6. The van der Waals surface area contributed by atoms with E-state index in [9.17, 15) is 13.6 Å². The van der Waals surface area contributed by atoms with Gasteiger partial charge < -0.3 is 4.90 Å². The average Bonchev–Trinajstić information content (AvgIpc) is 3.00. The van der Waals surface area contributed by atoms with Gasteiger partial charge in [0.05, 0.1) is 11.4 Å². The number of anilines is 1. The molecule has 2 aromatic rings. The van der Waals surface area contributed by atoms with Crippen molar-refractivity contribution in [2.24, 2.45) is 5.92 Å². The minimum atomic E-state index is -0.556. The van der Waals surface area contributed by atoms with Crippen molar-refractivity contribution in [2.75, 3.05) is 18.5 Å². The molecule has 1 amide bonds. The number of hydrogen-bond donors (Lipinski definition) is 0. The van der Waals surface area contributed by atoms with Gasteiger partial charge in [-0.3, -0.25) is 14.7 Å². The Morgan fingerprint density at radius 1 is 1.16 bits per heavy atom. The zero-order valence-electron chi connectivity index (χ0n) is 18.8. The number of aromatic nitrogens is 1. The fraction of sp³-hybridized carbons (Fsp3) is 0.520. The standard InChI is InChI=1S/C25H31F2N3O/c1-16-5-12-22-23(28-16)25(2,3)15-30(22)24(31)17-7-10-20(11-8-17)29(4)14-18-6-9-19(26)13-21(18)27/h5-6,9,12-13,17,20H,7-8,10-11,14-15H2,1-4H3. The van der Waals surface area contributed by atoms with E-state index >= 15 is 0 Å². The minimum absolute atomic E-state index is 0.00950. The Labute approximate surface area is 183 Å². The van der Waals surface area contributed by atoms with E-state index in [2.05, 4.69) is 18.7 Å². The number of hydrogen-bond acceptors (Lipinski definition) is 3. The molecule has 1 fully saturated rings. The third kappa shape index (κ3) is 4.36. The summed E-state index contributed by atoms with van der Waals surface area (Å²) in [5, 5.41) is 0. The van der Waals surface area contributed by atoms with Gasteiger partial charge in [0.25, 0.3) is 0 Å². The Morgan fingerprint density at radius 2 is 1.87 bits per heavy atom. The maximum atomic E-state index is 14.0. The average molecular weight is 428 g/mol. The number of fused-ring (bicyclic) bond motifs is 1. The number of aryl methyl sites for hydroxylation is 1. The summed E-state index contributed by atoms with van der Waals surface area (Å²) in [6.45, 7) is 7.38. The molecule has 1 aromatic carbocycles. The maximum Gasteiger partial charge on any atom is 0.230 e. The number of carbonyl (C=O) groups excluding carboxylic acids is 1. The van der Waals surface area contributed by atoms with Gasteiger partial charge in [-0.2, -0.15) is 0 Å². The lowest BCUT2D eigenvalue weighted by atomic mass is 9.84. The predicted molar refractivity (Wildman–Crippen MR) is 118 cm³/mol. The van der Waals surface area contributed by atoms with Gasteiger partial charge in [-0.1, -0.05) is 19.9 Å². The molecule has 166 valence electrons. The van der Waals surface area contributed by atoms with Crippen molar-refractivity contribution in [3.05, 3.63) is 58.9 Å². The van der Waals surface area contributed by atoms with Crippen molar-refractivity contribution < 1.29 is 13.6 Å². The van der Waals surface area contributed by atoms with Gasteiger partial charge in [-0.25, -0.2) is 8.78 Å². The lowest BCUT2D eigenvalue weighted by Gasteiger charge is -2.35. The van der Waals surface area contributed by atoms with Crippen molar-refractivity contribution >= 4 is 11.6 Å². The van der Waals surface area contributed by atoms with Crippen LogP contribution in [0.15, 0.2) is 30.3 Å². The number of carbonyl (C=O) groups is 1. The zero-order chi connectivity index (χ0) is 22.3. The molecule has 0 saturated heterocycles. The molecule has 0 atom stereocenters. The highest BCUT2D eigenvalue weighted by atomic mass is 19.1. The topological polar surface area (TPSA) is 36.4 Å². The molecule has 6 heteroatoms. The number of pyridine rings is 1. The van der Waals surface area contributed by atoms with Crippen molar-refractivity contribution in [1.29, 1.82) is 0 Å². The van der Waals surface area contributed by atoms with E-state index < -0.39 is 11.6 Å². The first kappa shape index (κ1) is 21.9. The number of benzene rings is 1. The highest BCUT2D eigenvalue weighted by Gasteiger charge is 2.42. The summed E-state index contributed by atoms with van der Waals surface area (Å²) in [5.74, 6) is -0.853. The number of rotatable bonds is 4. The molecule has 1 aromatic heterocycles. The maximum absolute atomic E-state index is 14.0. The van der Waals surface area contributed by atoms with Crippen molar-refractivity contribution in [2.45, 2.75) is 64.5 Å². The number of nitrogens with zero attached hydrogens (tertiary/aromatic N) is 3. The number of amides is 1. The molecule has 0 unspecified atom stereocenters. The fourth-order valence-electron chi connectivity index (χ4n) is 5.05. The Kier molecular flexibility index (Phi) is 5.86. The summed E-state index contributed by atoms with van der Waals surface area (Å²) < 4.78 is 27.2. The summed E-state index contributed by atoms with van der Waals surface area (Å²) in [5.41, 5.74) is 3.29. The van der Waals surface area contributed by atoms with E-state index in [0.717, 1.165) is 48.8 Å². The van der Waals surface area contributed by atoms with Crippen LogP contribution >= 0.6 is 0 Å². The molecule has 1 aliphatic heterocycles. The highest BCUT2D eigenvalue weighted by molar-refractivity contribution is 5.97. The van der Waals surface area contributed by atoms with Crippen LogP contribution in [0.2, 0.25) is 0 Å². The van der Waals surface area contributed by atoms with Crippen LogP contribution in [0.4, 0.5) is 14.5 Å². The van der Waals surface area contributed by atoms with Crippen LogP contribution in [0, 0.1) is 24.5 Å². The Bertz CT molecular complexity index is 983. The van der Waals surface area contributed by atoms with Crippen molar-refractivity contribution in [3.8, 4) is 0 Å². The van der Waals surface area contributed by atoms with E-state index in [1.165, 1.54) is 12.1 Å². The molecule has 0 radical (unpaired) electrons. The van der Waals surface area contributed by atoms with Gasteiger partial charge in [-0.05, 0) is 57.9 Å². The molecule has 1 aliphatic carbocycles.